The summed E-state index contributed by atoms with van der Waals surface area (Å²) in [5.41, 5.74) is 1.87. The first kappa shape index (κ1) is 18.4. The minimum atomic E-state index is -0.210. The minimum Gasteiger partial charge on any atom is -0.497 e. The number of ether oxygens (including phenoxy) is 3. The van der Waals surface area contributed by atoms with E-state index in [9.17, 15) is 4.79 Å². The van der Waals surface area contributed by atoms with E-state index in [0.717, 1.165) is 43.3 Å². The predicted molar refractivity (Wildman–Crippen MR) is 107 cm³/mol. The number of piperazine rings is 1. The smallest absolute Gasteiger partial charge is 0.241 e. The Labute approximate surface area is 164 Å². The summed E-state index contributed by atoms with van der Waals surface area (Å²) in [7, 11) is 1.68. The third kappa shape index (κ3) is 3.84. The van der Waals surface area contributed by atoms with Crippen LogP contribution in [0.2, 0.25) is 0 Å². The molecule has 1 saturated heterocycles. The van der Waals surface area contributed by atoms with Gasteiger partial charge in [0.25, 0.3) is 0 Å². The van der Waals surface area contributed by atoms with Crippen molar-refractivity contribution in [3.05, 3.63) is 42.5 Å². The van der Waals surface area contributed by atoms with Gasteiger partial charge in [0.1, 0.15) is 5.75 Å². The second-order valence-corrected chi connectivity index (χ2v) is 6.96. The molecular weight excluding hydrogens is 358 g/mol. The van der Waals surface area contributed by atoms with Gasteiger partial charge in [-0.25, -0.2) is 0 Å². The normalized spacial score (nSPS) is 17.3. The summed E-state index contributed by atoms with van der Waals surface area (Å²) < 4.78 is 16.0. The van der Waals surface area contributed by atoms with Gasteiger partial charge in [0.15, 0.2) is 11.5 Å². The summed E-state index contributed by atoms with van der Waals surface area (Å²) >= 11 is 0. The number of carbonyl (C=O) groups excluding carboxylic acids is 1. The molecule has 0 aliphatic carbocycles. The number of methoxy groups -OCH3 is 1. The molecule has 1 atom stereocenters. The molecule has 2 heterocycles. The molecule has 7 nitrogen and oxygen atoms in total. The SMILES string of the molecule is COc1cccc(N2CCN(C(C)C(=O)Nc3ccc4c(c3)OCO4)CC2)c1. The molecule has 28 heavy (non-hydrogen) atoms. The number of carbonyl (C=O) groups is 1. The van der Waals surface area contributed by atoms with E-state index in [1.807, 2.05) is 37.3 Å². The van der Waals surface area contributed by atoms with Crippen LogP contribution in [0.25, 0.3) is 0 Å². The van der Waals surface area contributed by atoms with Crippen molar-refractivity contribution >= 4 is 17.3 Å². The fourth-order valence-electron chi connectivity index (χ4n) is 3.56. The first-order valence-electron chi connectivity index (χ1n) is 9.47. The fourth-order valence-corrected chi connectivity index (χ4v) is 3.56. The minimum absolute atomic E-state index is 0.0197. The van der Waals surface area contributed by atoms with Crippen LogP contribution in [-0.4, -0.2) is 56.9 Å². The van der Waals surface area contributed by atoms with Gasteiger partial charge < -0.3 is 24.4 Å². The summed E-state index contributed by atoms with van der Waals surface area (Å²) in [6.07, 6.45) is 0. The lowest BCUT2D eigenvalue weighted by Crippen LogP contribution is -2.52. The molecule has 2 aromatic rings. The third-order valence-corrected chi connectivity index (χ3v) is 5.30. The Morgan fingerprint density at radius 3 is 2.64 bits per heavy atom. The van der Waals surface area contributed by atoms with Crippen LogP contribution in [0.15, 0.2) is 42.5 Å². The molecule has 148 valence electrons. The van der Waals surface area contributed by atoms with Crippen LogP contribution in [0, 0.1) is 0 Å². The van der Waals surface area contributed by atoms with E-state index in [1.54, 1.807) is 13.2 Å². The lowest BCUT2D eigenvalue weighted by atomic mass is 10.2. The highest BCUT2D eigenvalue weighted by molar-refractivity contribution is 5.94. The van der Waals surface area contributed by atoms with Crippen molar-refractivity contribution < 1.29 is 19.0 Å². The van der Waals surface area contributed by atoms with Crippen LogP contribution in [0.5, 0.6) is 17.2 Å². The van der Waals surface area contributed by atoms with E-state index in [0.29, 0.717) is 11.5 Å². The van der Waals surface area contributed by atoms with Crippen molar-refractivity contribution in [2.45, 2.75) is 13.0 Å². The number of fused-ring (bicyclic) bond motifs is 1. The Morgan fingerprint density at radius 1 is 1.07 bits per heavy atom. The molecule has 2 aromatic carbocycles. The van der Waals surface area contributed by atoms with Gasteiger partial charge in [-0.05, 0) is 31.2 Å². The molecule has 2 aliphatic heterocycles. The molecule has 4 rings (SSSR count). The van der Waals surface area contributed by atoms with Gasteiger partial charge in [-0.1, -0.05) is 6.07 Å². The number of nitrogens with one attached hydrogen (secondary N) is 1. The summed E-state index contributed by atoms with van der Waals surface area (Å²) in [4.78, 5) is 17.2. The van der Waals surface area contributed by atoms with Crippen molar-refractivity contribution in [3.8, 4) is 17.2 Å². The van der Waals surface area contributed by atoms with Crippen LogP contribution >= 0.6 is 0 Å². The second-order valence-electron chi connectivity index (χ2n) is 6.96. The van der Waals surface area contributed by atoms with Crippen molar-refractivity contribution in [2.24, 2.45) is 0 Å². The largest absolute Gasteiger partial charge is 0.497 e. The number of amides is 1. The highest BCUT2D eigenvalue weighted by Crippen LogP contribution is 2.34. The van der Waals surface area contributed by atoms with Crippen LogP contribution in [0.4, 0.5) is 11.4 Å². The topological polar surface area (TPSA) is 63.3 Å². The molecule has 2 aliphatic rings. The molecule has 0 spiro atoms. The quantitative estimate of drug-likeness (QED) is 0.856. The molecule has 0 radical (unpaired) electrons. The van der Waals surface area contributed by atoms with E-state index in [2.05, 4.69) is 21.2 Å². The van der Waals surface area contributed by atoms with Crippen molar-refractivity contribution in [1.82, 2.24) is 4.90 Å². The molecule has 1 amide bonds. The molecular formula is C21H25N3O4. The maximum Gasteiger partial charge on any atom is 0.241 e. The average molecular weight is 383 g/mol. The monoisotopic (exact) mass is 383 g/mol. The fraction of sp³-hybridized carbons (Fsp3) is 0.381. The molecule has 1 unspecified atom stereocenters. The second kappa shape index (κ2) is 7.98. The van der Waals surface area contributed by atoms with Gasteiger partial charge in [0.05, 0.1) is 13.2 Å². The number of hydrogen-bond acceptors (Lipinski definition) is 6. The standard InChI is InChI=1S/C21H25N3O4/c1-15(21(25)22-16-6-7-19-20(12-16)28-14-27-19)23-8-10-24(11-9-23)17-4-3-5-18(13-17)26-2/h3-7,12-13,15H,8-11,14H2,1-2H3,(H,22,25). The summed E-state index contributed by atoms with van der Waals surface area (Å²) in [6, 6.07) is 13.3. The van der Waals surface area contributed by atoms with Gasteiger partial charge in [0, 0.05) is 49.7 Å². The van der Waals surface area contributed by atoms with Crippen LogP contribution in [0.1, 0.15) is 6.92 Å². The lowest BCUT2D eigenvalue weighted by Gasteiger charge is -2.38. The van der Waals surface area contributed by atoms with Gasteiger partial charge in [-0.15, -0.1) is 0 Å². The highest BCUT2D eigenvalue weighted by Gasteiger charge is 2.26. The maximum absolute atomic E-state index is 12.7. The third-order valence-electron chi connectivity index (χ3n) is 5.30. The van der Waals surface area contributed by atoms with Crippen molar-refractivity contribution in [3.63, 3.8) is 0 Å². The number of nitrogens with zero attached hydrogens (tertiary/aromatic N) is 2. The Bertz CT molecular complexity index is 849. The molecule has 1 N–H and O–H groups in total. The summed E-state index contributed by atoms with van der Waals surface area (Å²) in [6.45, 7) is 5.56. The van der Waals surface area contributed by atoms with Gasteiger partial charge in [0.2, 0.25) is 12.7 Å². The first-order chi connectivity index (χ1) is 13.6. The van der Waals surface area contributed by atoms with Gasteiger partial charge in [-0.3, -0.25) is 9.69 Å². The zero-order valence-corrected chi connectivity index (χ0v) is 16.2. The summed E-state index contributed by atoms with van der Waals surface area (Å²) in [5, 5.41) is 2.98. The molecule has 0 saturated carbocycles. The first-order valence-corrected chi connectivity index (χ1v) is 9.47. The number of hydrogen-bond donors (Lipinski definition) is 1. The molecule has 0 bridgehead atoms. The van der Waals surface area contributed by atoms with E-state index in [4.69, 9.17) is 14.2 Å². The van der Waals surface area contributed by atoms with E-state index < -0.39 is 0 Å². The predicted octanol–water partition coefficient (Wildman–Crippen LogP) is 2.57. The number of benzene rings is 2. The Hall–Kier alpha value is -2.93. The van der Waals surface area contributed by atoms with E-state index >= 15 is 0 Å². The Balaban J connectivity index is 1.33. The maximum atomic E-state index is 12.7. The van der Waals surface area contributed by atoms with Crippen LogP contribution in [0.3, 0.4) is 0 Å². The lowest BCUT2D eigenvalue weighted by molar-refractivity contribution is -0.120. The zero-order chi connectivity index (χ0) is 19.5. The number of rotatable bonds is 5. The van der Waals surface area contributed by atoms with Crippen molar-refractivity contribution in [2.75, 3.05) is 50.3 Å². The molecule has 7 heteroatoms. The Morgan fingerprint density at radius 2 is 1.86 bits per heavy atom. The average Bonchev–Trinajstić information content (AvgIpc) is 3.21. The zero-order valence-electron chi connectivity index (χ0n) is 16.2. The van der Waals surface area contributed by atoms with E-state index in [1.165, 1.54) is 0 Å². The van der Waals surface area contributed by atoms with Crippen LogP contribution in [-0.2, 0) is 4.79 Å². The van der Waals surface area contributed by atoms with Gasteiger partial charge in [-0.2, -0.15) is 0 Å². The Kier molecular flexibility index (Phi) is 5.25. The van der Waals surface area contributed by atoms with Gasteiger partial charge >= 0.3 is 0 Å². The molecule has 1 fully saturated rings. The highest BCUT2D eigenvalue weighted by atomic mass is 16.7. The van der Waals surface area contributed by atoms with Crippen molar-refractivity contribution in [1.29, 1.82) is 0 Å². The van der Waals surface area contributed by atoms with Crippen LogP contribution < -0.4 is 24.4 Å². The number of anilines is 2. The summed E-state index contributed by atoms with van der Waals surface area (Å²) in [5.74, 6) is 2.21. The van der Waals surface area contributed by atoms with E-state index in [-0.39, 0.29) is 18.7 Å². The molecule has 0 aromatic heterocycles.